The van der Waals surface area contributed by atoms with Crippen molar-refractivity contribution in [2.45, 2.75) is 38.6 Å². The monoisotopic (exact) mass is 382 g/mol. The molecule has 1 aromatic heterocycles. The van der Waals surface area contributed by atoms with Crippen LogP contribution >= 0.6 is 0 Å². The van der Waals surface area contributed by atoms with Crippen molar-refractivity contribution in [1.82, 2.24) is 9.88 Å². The highest BCUT2D eigenvalue weighted by Crippen LogP contribution is 2.31. The molecule has 0 amide bonds. The number of piperidine rings is 1. The van der Waals surface area contributed by atoms with Crippen LogP contribution in [0, 0.1) is 5.95 Å². The number of benzene rings is 2. The maximum Gasteiger partial charge on any atom is 0.217 e. The molecule has 1 fully saturated rings. The Morgan fingerprint density at radius 3 is 2.57 bits per heavy atom. The average molecular weight is 382 g/mol. The lowest BCUT2D eigenvalue weighted by Gasteiger charge is -2.36. The number of halogens is 2. The van der Waals surface area contributed by atoms with E-state index in [9.17, 15) is 8.78 Å². The largest absolute Gasteiger partial charge is 0.489 e. The van der Waals surface area contributed by atoms with Gasteiger partial charge in [-0.15, -0.1) is 0 Å². The van der Waals surface area contributed by atoms with Crippen LogP contribution < -0.4 is 4.74 Å². The molecule has 0 aliphatic carbocycles. The second kappa shape index (κ2) is 8.23. The first-order valence-electron chi connectivity index (χ1n) is 9.75. The summed E-state index contributed by atoms with van der Waals surface area (Å²) in [5.41, 5.74) is 2.03. The molecular weight excluding hydrogens is 358 g/mol. The molecule has 1 aliphatic heterocycles. The highest BCUT2D eigenvalue weighted by atomic mass is 19.1. The van der Waals surface area contributed by atoms with E-state index in [2.05, 4.69) is 41.1 Å². The van der Waals surface area contributed by atoms with Crippen LogP contribution in [0.25, 0.3) is 10.9 Å². The summed E-state index contributed by atoms with van der Waals surface area (Å²) in [6, 6.07) is 17.3. The lowest BCUT2D eigenvalue weighted by molar-refractivity contribution is 0.0804. The Morgan fingerprint density at radius 1 is 1.11 bits per heavy atom. The molecule has 28 heavy (non-hydrogen) atoms. The molecular formula is C23H24F2N2O. The van der Waals surface area contributed by atoms with Crippen molar-refractivity contribution in [3.63, 3.8) is 0 Å². The summed E-state index contributed by atoms with van der Waals surface area (Å²) in [7, 11) is 0. The summed E-state index contributed by atoms with van der Waals surface area (Å²) in [6.07, 6.45) is 1.75. The maximum absolute atomic E-state index is 14.0. The number of likely N-dealkylation sites (tertiary alicyclic amines) is 1. The molecule has 3 nitrogen and oxygen atoms in total. The molecule has 0 spiro atoms. The highest BCUT2D eigenvalue weighted by molar-refractivity contribution is 5.87. The quantitative estimate of drug-likeness (QED) is 0.549. The number of aromatic nitrogens is 1. The van der Waals surface area contributed by atoms with Crippen LogP contribution in [-0.2, 0) is 6.67 Å². The van der Waals surface area contributed by atoms with E-state index in [0.29, 0.717) is 28.3 Å². The summed E-state index contributed by atoms with van der Waals surface area (Å²) in [5.74, 6) is -0.189. The van der Waals surface area contributed by atoms with Crippen molar-refractivity contribution >= 4 is 10.9 Å². The van der Waals surface area contributed by atoms with Crippen LogP contribution in [0.5, 0.6) is 5.75 Å². The third-order valence-electron chi connectivity index (χ3n) is 5.60. The van der Waals surface area contributed by atoms with Gasteiger partial charge in [0.05, 0.1) is 5.52 Å². The third-order valence-corrected chi connectivity index (χ3v) is 5.60. The minimum atomic E-state index is -0.678. The molecule has 4 rings (SSSR count). The molecule has 0 bridgehead atoms. The Kier molecular flexibility index (Phi) is 5.53. The number of hydrogen-bond acceptors (Lipinski definition) is 3. The van der Waals surface area contributed by atoms with Gasteiger partial charge in [0.25, 0.3) is 0 Å². The van der Waals surface area contributed by atoms with Gasteiger partial charge in [0, 0.05) is 36.1 Å². The molecule has 1 unspecified atom stereocenters. The van der Waals surface area contributed by atoms with Gasteiger partial charge in [-0.05, 0) is 31.4 Å². The van der Waals surface area contributed by atoms with Gasteiger partial charge in [-0.3, -0.25) is 4.90 Å². The number of ether oxygens (including phenoxy) is 1. The third kappa shape index (κ3) is 3.85. The van der Waals surface area contributed by atoms with Crippen molar-refractivity contribution in [2.24, 2.45) is 0 Å². The second-order valence-corrected chi connectivity index (χ2v) is 7.33. The Labute approximate surface area is 164 Å². The first kappa shape index (κ1) is 18.8. The number of hydrogen-bond donors (Lipinski definition) is 0. The highest BCUT2D eigenvalue weighted by Gasteiger charge is 2.25. The molecule has 2 aromatic carbocycles. The van der Waals surface area contributed by atoms with E-state index in [1.807, 2.05) is 12.1 Å². The maximum atomic E-state index is 14.0. The number of nitrogens with zero attached hydrogens (tertiary/aromatic N) is 2. The molecule has 0 N–H and O–H groups in total. The molecule has 2 heterocycles. The van der Waals surface area contributed by atoms with Crippen LogP contribution in [0.15, 0.2) is 54.6 Å². The number of alkyl halides is 1. The van der Waals surface area contributed by atoms with Crippen LogP contribution in [0.4, 0.5) is 8.78 Å². The van der Waals surface area contributed by atoms with Crippen molar-refractivity contribution in [3.05, 3.63) is 71.7 Å². The normalized spacial score (nSPS) is 17.0. The number of para-hydroxylation sites is 1. The topological polar surface area (TPSA) is 25.4 Å². The molecule has 1 aliphatic rings. The number of rotatable bonds is 5. The summed E-state index contributed by atoms with van der Waals surface area (Å²) >= 11 is 0. The van der Waals surface area contributed by atoms with Crippen LogP contribution in [-0.4, -0.2) is 29.1 Å². The Hall–Kier alpha value is -2.53. The van der Waals surface area contributed by atoms with E-state index >= 15 is 0 Å². The Morgan fingerprint density at radius 2 is 1.86 bits per heavy atom. The van der Waals surface area contributed by atoms with E-state index in [-0.39, 0.29) is 6.10 Å². The molecule has 1 atom stereocenters. The summed E-state index contributed by atoms with van der Waals surface area (Å²) < 4.78 is 33.4. The zero-order chi connectivity index (χ0) is 19.5. The standard InChI is InChI=1S/C23H24F2N2O/c1-16(17-6-3-2-4-7-17)27-12-10-19(11-13-27)28-21-14-22(25)26-23-18(15-24)8-5-9-20(21)23/h2-9,14,16,19H,10-13,15H2,1H3. The molecule has 146 valence electrons. The SMILES string of the molecule is CC(c1ccccc1)N1CCC(Oc2cc(F)nc3c(CF)cccc23)CC1. The van der Waals surface area contributed by atoms with Crippen molar-refractivity contribution in [2.75, 3.05) is 13.1 Å². The van der Waals surface area contributed by atoms with Gasteiger partial charge in [-0.1, -0.05) is 42.5 Å². The minimum absolute atomic E-state index is 0.0123. The van der Waals surface area contributed by atoms with Gasteiger partial charge < -0.3 is 4.74 Å². The van der Waals surface area contributed by atoms with Gasteiger partial charge in [-0.25, -0.2) is 9.37 Å². The predicted molar refractivity (Wildman–Crippen MR) is 107 cm³/mol. The summed E-state index contributed by atoms with van der Waals surface area (Å²) in [6.45, 7) is 3.38. The first-order valence-corrected chi connectivity index (χ1v) is 9.75. The van der Waals surface area contributed by atoms with Crippen LogP contribution in [0.1, 0.15) is 36.9 Å². The van der Waals surface area contributed by atoms with Crippen LogP contribution in [0.2, 0.25) is 0 Å². The fourth-order valence-corrected chi connectivity index (χ4v) is 3.96. The van der Waals surface area contributed by atoms with E-state index in [4.69, 9.17) is 4.74 Å². The average Bonchev–Trinajstić information content (AvgIpc) is 2.74. The minimum Gasteiger partial charge on any atom is -0.489 e. The summed E-state index contributed by atoms with van der Waals surface area (Å²) in [5, 5.41) is 0.664. The van der Waals surface area contributed by atoms with Crippen molar-refractivity contribution in [1.29, 1.82) is 0 Å². The van der Waals surface area contributed by atoms with Crippen molar-refractivity contribution in [3.8, 4) is 5.75 Å². The molecule has 0 saturated carbocycles. The zero-order valence-electron chi connectivity index (χ0n) is 15.9. The first-order chi connectivity index (χ1) is 13.7. The van der Waals surface area contributed by atoms with Gasteiger partial charge in [0.15, 0.2) is 0 Å². The summed E-state index contributed by atoms with van der Waals surface area (Å²) in [4.78, 5) is 6.32. The van der Waals surface area contributed by atoms with E-state index < -0.39 is 12.6 Å². The fourth-order valence-electron chi connectivity index (χ4n) is 3.96. The molecule has 0 radical (unpaired) electrons. The Balaban J connectivity index is 1.47. The predicted octanol–water partition coefficient (Wildman–Crippen LogP) is 5.45. The van der Waals surface area contributed by atoms with E-state index in [1.165, 1.54) is 11.6 Å². The lowest BCUT2D eigenvalue weighted by atomic mass is 10.0. The number of pyridine rings is 1. The molecule has 1 saturated heterocycles. The lowest BCUT2D eigenvalue weighted by Crippen LogP contribution is -2.39. The van der Waals surface area contributed by atoms with Gasteiger partial charge in [0.1, 0.15) is 18.5 Å². The van der Waals surface area contributed by atoms with E-state index in [1.54, 1.807) is 12.1 Å². The molecule has 5 heteroatoms. The Bertz CT molecular complexity index is 940. The zero-order valence-corrected chi connectivity index (χ0v) is 15.9. The second-order valence-electron chi connectivity index (χ2n) is 7.33. The van der Waals surface area contributed by atoms with Gasteiger partial charge in [-0.2, -0.15) is 4.39 Å². The van der Waals surface area contributed by atoms with Crippen molar-refractivity contribution < 1.29 is 13.5 Å². The van der Waals surface area contributed by atoms with Gasteiger partial charge in [0.2, 0.25) is 5.95 Å². The van der Waals surface area contributed by atoms with Gasteiger partial charge >= 0.3 is 0 Å². The smallest absolute Gasteiger partial charge is 0.217 e. The molecule has 3 aromatic rings. The number of fused-ring (bicyclic) bond motifs is 1. The van der Waals surface area contributed by atoms with E-state index in [0.717, 1.165) is 25.9 Å². The van der Waals surface area contributed by atoms with Crippen LogP contribution in [0.3, 0.4) is 0 Å². The fraction of sp³-hybridized carbons (Fsp3) is 0.348.